The van der Waals surface area contributed by atoms with Crippen LogP contribution in [0.25, 0.3) is 0 Å². The van der Waals surface area contributed by atoms with Crippen molar-refractivity contribution in [1.82, 2.24) is 10.2 Å². The summed E-state index contributed by atoms with van der Waals surface area (Å²) in [7, 11) is 0. The van der Waals surface area contributed by atoms with Crippen molar-refractivity contribution >= 4 is 0 Å². The minimum absolute atomic E-state index is 0.231. The standard InChI is InChI=1S/C10H17N3/c1-2-12-10(7-11)8-13-5-3-9(10)4-6-13/h9,12H,2-6,8H2,1H3/t10-/m1/s1. The summed E-state index contributed by atoms with van der Waals surface area (Å²) in [6.45, 7) is 6.30. The minimum atomic E-state index is -0.231. The van der Waals surface area contributed by atoms with Crippen molar-refractivity contribution in [3.8, 4) is 6.07 Å². The van der Waals surface area contributed by atoms with E-state index in [-0.39, 0.29) is 5.54 Å². The van der Waals surface area contributed by atoms with Gasteiger partial charge in [0.2, 0.25) is 0 Å². The van der Waals surface area contributed by atoms with Gasteiger partial charge >= 0.3 is 0 Å². The van der Waals surface area contributed by atoms with Gasteiger partial charge < -0.3 is 4.90 Å². The SMILES string of the molecule is CCN[C@]1(C#N)CN2CCC1CC2. The fourth-order valence-corrected chi connectivity index (χ4v) is 2.75. The Morgan fingerprint density at radius 3 is 2.62 bits per heavy atom. The van der Waals surface area contributed by atoms with E-state index in [1.807, 2.05) is 0 Å². The Morgan fingerprint density at radius 1 is 1.54 bits per heavy atom. The molecule has 0 aromatic rings. The number of likely N-dealkylation sites (N-methyl/N-ethyl adjacent to an activating group) is 1. The van der Waals surface area contributed by atoms with E-state index in [1.165, 1.54) is 25.9 Å². The van der Waals surface area contributed by atoms with E-state index in [0.717, 1.165) is 13.1 Å². The Labute approximate surface area is 79.7 Å². The van der Waals surface area contributed by atoms with Gasteiger partial charge in [0.25, 0.3) is 0 Å². The molecule has 0 aromatic heterocycles. The smallest absolute Gasteiger partial charge is 0.122 e. The number of nitrogens with one attached hydrogen (secondary N) is 1. The van der Waals surface area contributed by atoms with Crippen LogP contribution in [0.3, 0.4) is 0 Å². The van der Waals surface area contributed by atoms with Gasteiger partial charge in [0, 0.05) is 6.54 Å². The minimum Gasteiger partial charge on any atom is -0.300 e. The lowest BCUT2D eigenvalue weighted by Crippen LogP contribution is -2.65. The summed E-state index contributed by atoms with van der Waals surface area (Å²) >= 11 is 0. The second-order valence-electron chi connectivity index (χ2n) is 4.16. The van der Waals surface area contributed by atoms with E-state index < -0.39 is 0 Å². The van der Waals surface area contributed by atoms with Crippen LogP contribution >= 0.6 is 0 Å². The van der Waals surface area contributed by atoms with Gasteiger partial charge in [-0.2, -0.15) is 5.26 Å². The van der Waals surface area contributed by atoms with E-state index in [2.05, 4.69) is 23.2 Å². The molecule has 3 heterocycles. The molecule has 3 fully saturated rings. The summed E-state index contributed by atoms with van der Waals surface area (Å²) in [5.74, 6) is 0.586. The van der Waals surface area contributed by atoms with Crippen molar-refractivity contribution in [2.75, 3.05) is 26.2 Å². The first kappa shape index (κ1) is 8.98. The Kier molecular flexibility index (Phi) is 2.27. The molecule has 0 unspecified atom stereocenters. The Morgan fingerprint density at radius 2 is 2.23 bits per heavy atom. The summed E-state index contributed by atoms with van der Waals surface area (Å²) in [6, 6.07) is 2.50. The first-order valence-electron chi connectivity index (χ1n) is 5.19. The molecule has 1 N–H and O–H groups in total. The Bertz CT molecular complexity index is 225. The van der Waals surface area contributed by atoms with Crippen LogP contribution in [0.1, 0.15) is 19.8 Å². The molecule has 0 aromatic carbocycles. The first-order chi connectivity index (χ1) is 6.30. The van der Waals surface area contributed by atoms with Gasteiger partial charge in [-0.05, 0) is 38.4 Å². The molecule has 0 saturated carbocycles. The lowest BCUT2D eigenvalue weighted by Gasteiger charge is -2.49. The topological polar surface area (TPSA) is 39.1 Å². The Balaban J connectivity index is 2.17. The number of piperidine rings is 3. The number of nitriles is 1. The molecule has 0 amide bonds. The van der Waals surface area contributed by atoms with Crippen LogP contribution < -0.4 is 5.32 Å². The second kappa shape index (κ2) is 3.28. The van der Waals surface area contributed by atoms with Crippen molar-refractivity contribution < 1.29 is 0 Å². The highest BCUT2D eigenvalue weighted by Crippen LogP contribution is 2.34. The molecule has 72 valence electrons. The molecule has 0 aliphatic carbocycles. The fourth-order valence-electron chi connectivity index (χ4n) is 2.75. The molecule has 3 aliphatic heterocycles. The van der Waals surface area contributed by atoms with Crippen LogP contribution in [0.2, 0.25) is 0 Å². The number of fused-ring (bicyclic) bond motifs is 3. The lowest BCUT2D eigenvalue weighted by atomic mass is 9.73. The van der Waals surface area contributed by atoms with Crippen molar-refractivity contribution in [2.24, 2.45) is 5.92 Å². The van der Waals surface area contributed by atoms with E-state index in [1.54, 1.807) is 0 Å². The summed E-state index contributed by atoms with van der Waals surface area (Å²) in [5.41, 5.74) is -0.231. The third-order valence-corrected chi connectivity index (χ3v) is 3.45. The maximum Gasteiger partial charge on any atom is 0.122 e. The van der Waals surface area contributed by atoms with E-state index in [9.17, 15) is 5.26 Å². The highest BCUT2D eigenvalue weighted by molar-refractivity contribution is 5.16. The monoisotopic (exact) mass is 179 g/mol. The van der Waals surface area contributed by atoms with Crippen LogP contribution in [-0.4, -0.2) is 36.6 Å². The van der Waals surface area contributed by atoms with Crippen molar-refractivity contribution in [3.63, 3.8) is 0 Å². The number of nitrogens with zero attached hydrogens (tertiary/aromatic N) is 2. The molecule has 1 atom stereocenters. The van der Waals surface area contributed by atoms with Gasteiger partial charge in [-0.1, -0.05) is 6.92 Å². The van der Waals surface area contributed by atoms with Gasteiger partial charge in [0.05, 0.1) is 6.07 Å². The van der Waals surface area contributed by atoms with Crippen LogP contribution in [0.15, 0.2) is 0 Å². The van der Waals surface area contributed by atoms with Gasteiger partial charge in [0.1, 0.15) is 5.54 Å². The average Bonchev–Trinajstić information content (AvgIpc) is 2.20. The molecular formula is C10H17N3. The second-order valence-corrected chi connectivity index (χ2v) is 4.16. The zero-order valence-electron chi connectivity index (χ0n) is 8.21. The molecule has 3 saturated heterocycles. The average molecular weight is 179 g/mol. The van der Waals surface area contributed by atoms with Crippen LogP contribution in [0, 0.1) is 17.2 Å². The molecule has 0 radical (unpaired) electrons. The molecule has 13 heavy (non-hydrogen) atoms. The van der Waals surface area contributed by atoms with Crippen LogP contribution in [-0.2, 0) is 0 Å². The van der Waals surface area contributed by atoms with Crippen LogP contribution in [0.4, 0.5) is 0 Å². The largest absolute Gasteiger partial charge is 0.300 e. The zero-order chi connectivity index (χ0) is 9.31. The normalized spacial score (nSPS) is 43.1. The quantitative estimate of drug-likeness (QED) is 0.674. The van der Waals surface area contributed by atoms with E-state index in [4.69, 9.17) is 0 Å². The van der Waals surface area contributed by atoms with Crippen molar-refractivity contribution in [3.05, 3.63) is 0 Å². The molecule has 3 heteroatoms. The van der Waals surface area contributed by atoms with Gasteiger partial charge in [-0.25, -0.2) is 0 Å². The molecule has 3 rings (SSSR count). The number of hydrogen-bond donors (Lipinski definition) is 1. The van der Waals surface area contributed by atoms with Crippen molar-refractivity contribution in [1.29, 1.82) is 5.26 Å². The molecule has 3 aliphatic rings. The Hall–Kier alpha value is -0.590. The summed E-state index contributed by atoms with van der Waals surface area (Å²) in [6.07, 6.45) is 2.39. The third kappa shape index (κ3) is 1.34. The summed E-state index contributed by atoms with van der Waals surface area (Å²) in [5, 5.41) is 12.6. The highest BCUT2D eigenvalue weighted by Gasteiger charge is 2.46. The highest BCUT2D eigenvalue weighted by atomic mass is 15.2. The predicted octanol–water partition coefficient (Wildman–Crippen LogP) is 0.584. The predicted molar refractivity (Wildman–Crippen MR) is 51.2 cm³/mol. The van der Waals surface area contributed by atoms with Crippen molar-refractivity contribution in [2.45, 2.75) is 25.3 Å². The maximum atomic E-state index is 9.26. The first-order valence-corrected chi connectivity index (χ1v) is 5.19. The lowest BCUT2D eigenvalue weighted by molar-refractivity contribution is 0.0380. The molecular weight excluding hydrogens is 162 g/mol. The summed E-state index contributed by atoms with van der Waals surface area (Å²) < 4.78 is 0. The van der Waals surface area contributed by atoms with Gasteiger partial charge in [0.15, 0.2) is 0 Å². The molecule has 2 bridgehead atoms. The molecule has 0 spiro atoms. The van der Waals surface area contributed by atoms with Gasteiger partial charge in [-0.3, -0.25) is 5.32 Å². The maximum absolute atomic E-state index is 9.26. The number of rotatable bonds is 2. The fraction of sp³-hybridized carbons (Fsp3) is 0.900. The third-order valence-electron chi connectivity index (χ3n) is 3.45. The van der Waals surface area contributed by atoms with Crippen LogP contribution in [0.5, 0.6) is 0 Å². The van der Waals surface area contributed by atoms with E-state index in [0.29, 0.717) is 5.92 Å². The van der Waals surface area contributed by atoms with Gasteiger partial charge in [-0.15, -0.1) is 0 Å². The summed E-state index contributed by atoms with van der Waals surface area (Å²) in [4.78, 5) is 2.41. The number of hydrogen-bond acceptors (Lipinski definition) is 3. The zero-order valence-corrected chi connectivity index (χ0v) is 8.21. The molecule has 3 nitrogen and oxygen atoms in total. The van der Waals surface area contributed by atoms with E-state index >= 15 is 0 Å².